The molecule has 0 aliphatic carbocycles. The van der Waals surface area contributed by atoms with Gasteiger partial charge in [-0.15, -0.1) is 0 Å². The van der Waals surface area contributed by atoms with Crippen LogP contribution in [0.15, 0.2) is 48.5 Å². The molecule has 0 spiro atoms. The van der Waals surface area contributed by atoms with Crippen LogP contribution in [0.3, 0.4) is 0 Å². The Labute approximate surface area is 193 Å². The Morgan fingerprint density at radius 1 is 1.03 bits per heavy atom. The lowest BCUT2D eigenvalue weighted by atomic mass is 10.00. The molecule has 0 aromatic heterocycles. The second kappa shape index (κ2) is 12.0. The van der Waals surface area contributed by atoms with E-state index in [0.29, 0.717) is 12.0 Å². The summed E-state index contributed by atoms with van der Waals surface area (Å²) in [6.07, 6.45) is 2.27. The first-order valence-corrected chi connectivity index (χ1v) is 11.9. The SMILES string of the molecule is CC(C)C[C@@H](CN(C)C)N(Cc1cccc(CN2CCCO2)c1)Cc1ccccc1Cl. The van der Waals surface area contributed by atoms with Crippen molar-refractivity contribution < 1.29 is 4.84 Å². The van der Waals surface area contributed by atoms with Crippen molar-refractivity contribution in [3.8, 4) is 0 Å². The summed E-state index contributed by atoms with van der Waals surface area (Å²) < 4.78 is 0. The third kappa shape index (κ3) is 7.89. The van der Waals surface area contributed by atoms with Crippen molar-refractivity contribution in [3.05, 3.63) is 70.2 Å². The van der Waals surface area contributed by atoms with Gasteiger partial charge in [0.2, 0.25) is 0 Å². The van der Waals surface area contributed by atoms with Crippen molar-refractivity contribution in [3.63, 3.8) is 0 Å². The van der Waals surface area contributed by atoms with Crippen LogP contribution in [0.2, 0.25) is 5.02 Å². The number of hydrogen-bond acceptors (Lipinski definition) is 4. The van der Waals surface area contributed by atoms with E-state index in [4.69, 9.17) is 16.4 Å². The van der Waals surface area contributed by atoms with E-state index in [0.717, 1.165) is 57.2 Å². The Kier molecular flexibility index (Phi) is 9.36. The predicted molar refractivity (Wildman–Crippen MR) is 130 cm³/mol. The molecule has 0 unspecified atom stereocenters. The molecule has 0 radical (unpaired) electrons. The lowest BCUT2D eigenvalue weighted by Gasteiger charge is -2.35. The van der Waals surface area contributed by atoms with Gasteiger partial charge in [0.15, 0.2) is 0 Å². The smallest absolute Gasteiger partial charge is 0.0698 e. The van der Waals surface area contributed by atoms with Gasteiger partial charge in [0.1, 0.15) is 0 Å². The molecular formula is C26H38ClN3O. The lowest BCUT2D eigenvalue weighted by Crippen LogP contribution is -2.42. The van der Waals surface area contributed by atoms with E-state index in [9.17, 15) is 0 Å². The fraction of sp³-hybridized carbons (Fsp3) is 0.538. The molecule has 170 valence electrons. The maximum atomic E-state index is 6.55. The first-order chi connectivity index (χ1) is 14.9. The minimum atomic E-state index is 0.455. The van der Waals surface area contributed by atoms with E-state index in [2.05, 4.69) is 79.2 Å². The van der Waals surface area contributed by atoms with Crippen LogP contribution in [0.4, 0.5) is 0 Å². The van der Waals surface area contributed by atoms with E-state index in [1.165, 1.54) is 16.7 Å². The van der Waals surface area contributed by atoms with Gasteiger partial charge in [-0.2, -0.15) is 5.06 Å². The summed E-state index contributed by atoms with van der Waals surface area (Å²) in [5.41, 5.74) is 3.85. The molecule has 2 aromatic carbocycles. The third-order valence-electron chi connectivity index (χ3n) is 5.73. The van der Waals surface area contributed by atoms with Gasteiger partial charge in [-0.25, -0.2) is 0 Å². The molecular weight excluding hydrogens is 406 g/mol. The minimum absolute atomic E-state index is 0.455. The molecule has 1 aliphatic heterocycles. The molecule has 1 atom stereocenters. The first-order valence-electron chi connectivity index (χ1n) is 11.5. The van der Waals surface area contributed by atoms with Gasteiger partial charge in [0.25, 0.3) is 0 Å². The summed E-state index contributed by atoms with van der Waals surface area (Å²) in [5, 5.41) is 2.93. The molecule has 31 heavy (non-hydrogen) atoms. The number of nitrogens with zero attached hydrogens (tertiary/aromatic N) is 3. The van der Waals surface area contributed by atoms with Crippen molar-refractivity contribution >= 4 is 11.6 Å². The normalized spacial score (nSPS) is 16.0. The molecule has 0 saturated carbocycles. The van der Waals surface area contributed by atoms with Gasteiger partial charge >= 0.3 is 0 Å². The largest absolute Gasteiger partial charge is 0.308 e. The highest BCUT2D eigenvalue weighted by molar-refractivity contribution is 6.31. The first kappa shape index (κ1) is 24.2. The number of likely N-dealkylation sites (N-methyl/N-ethyl adjacent to an activating group) is 1. The third-order valence-corrected chi connectivity index (χ3v) is 6.10. The number of halogens is 1. The van der Waals surface area contributed by atoms with Crippen molar-refractivity contribution in [2.75, 3.05) is 33.8 Å². The molecule has 0 amide bonds. The Hall–Kier alpha value is -1.43. The second-order valence-electron chi connectivity index (χ2n) is 9.41. The Bertz CT molecular complexity index is 795. The quantitative estimate of drug-likeness (QED) is 0.459. The van der Waals surface area contributed by atoms with Gasteiger partial charge in [0, 0.05) is 43.8 Å². The highest BCUT2D eigenvalue weighted by Crippen LogP contribution is 2.23. The number of rotatable bonds is 11. The molecule has 4 nitrogen and oxygen atoms in total. The van der Waals surface area contributed by atoms with Crippen LogP contribution in [0.1, 0.15) is 43.4 Å². The Morgan fingerprint density at radius 3 is 2.48 bits per heavy atom. The molecule has 1 fully saturated rings. The summed E-state index contributed by atoms with van der Waals surface area (Å²) in [6.45, 7) is 10.1. The second-order valence-corrected chi connectivity index (χ2v) is 9.82. The maximum absolute atomic E-state index is 6.55. The van der Waals surface area contributed by atoms with Crippen LogP contribution in [-0.2, 0) is 24.5 Å². The molecule has 1 heterocycles. The van der Waals surface area contributed by atoms with E-state index in [1.807, 2.05) is 12.1 Å². The molecule has 1 saturated heterocycles. The summed E-state index contributed by atoms with van der Waals surface area (Å²) in [5.74, 6) is 0.636. The van der Waals surface area contributed by atoms with Gasteiger partial charge in [-0.3, -0.25) is 9.74 Å². The van der Waals surface area contributed by atoms with Crippen LogP contribution in [-0.4, -0.2) is 54.7 Å². The van der Waals surface area contributed by atoms with Crippen LogP contribution in [0, 0.1) is 5.92 Å². The van der Waals surface area contributed by atoms with Gasteiger partial charge in [0.05, 0.1) is 6.61 Å². The molecule has 5 heteroatoms. The zero-order chi connectivity index (χ0) is 22.2. The van der Waals surface area contributed by atoms with E-state index >= 15 is 0 Å². The average Bonchev–Trinajstić information content (AvgIpc) is 3.21. The fourth-order valence-corrected chi connectivity index (χ4v) is 4.55. The van der Waals surface area contributed by atoms with Crippen LogP contribution < -0.4 is 0 Å². The van der Waals surface area contributed by atoms with Crippen molar-refractivity contribution in [1.29, 1.82) is 0 Å². The fourth-order valence-electron chi connectivity index (χ4n) is 4.35. The molecule has 0 N–H and O–H groups in total. The highest BCUT2D eigenvalue weighted by atomic mass is 35.5. The predicted octanol–water partition coefficient (Wildman–Crippen LogP) is 5.46. The summed E-state index contributed by atoms with van der Waals surface area (Å²) in [4.78, 5) is 10.6. The van der Waals surface area contributed by atoms with Crippen LogP contribution >= 0.6 is 11.6 Å². The zero-order valence-corrected chi connectivity index (χ0v) is 20.3. The van der Waals surface area contributed by atoms with Gasteiger partial charge in [-0.05, 0) is 55.6 Å². The number of benzene rings is 2. The van der Waals surface area contributed by atoms with Gasteiger partial charge < -0.3 is 4.90 Å². The summed E-state index contributed by atoms with van der Waals surface area (Å²) in [7, 11) is 4.33. The Balaban J connectivity index is 1.81. The van der Waals surface area contributed by atoms with Crippen LogP contribution in [0.25, 0.3) is 0 Å². The van der Waals surface area contributed by atoms with Gasteiger partial charge in [-0.1, -0.05) is 67.9 Å². The molecule has 1 aliphatic rings. The lowest BCUT2D eigenvalue weighted by molar-refractivity contribution is -0.117. The van der Waals surface area contributed by atoms with Crippen molar-refractivity contribution in [2.45, 2.75) is 52.4 Å². The molecule has 0 bridgehead atoms. The maximum Gasteiger partial charge on any atom is 0.0698 e. The average molecular weight is 444 g/mol. The Morgan fingerprint density at radius 2 is 1.81 bits per heavy atom. The minimum Gasteiger partial charge on any atom is -0.308 e. The van der Waals surface area contributed by atoms with E-state index in [-0.39, 0.29) is 0 Å². The number of hydroxylamine groups is 2. The number of hydrogen-bond donors (Lipinski definition) is 0. The van der Waals surface area contributed by atoms with E-state index in [1.54, 1.807) is 0 Å². The highest BCUT2D eigenvalue weighted by Gasteiger charge is 2.22. The van der Waals surface area contributed by atoms with Crippen molar-refractivity contribution in [2.24, 2.45) is 5.92 Å². The van der Waals surface area contributed by atoms with Crippen molar-refractivity contribution in [1.82, 2.24) is 14.9 Å². The zero-order valence-electron chi connectivity index (χ0n) is 19.6. The summed E-state index contributed by atoms with van der Waals surface area (Å²) in [6, 6.07) is 17.7. The monoisotopic (exact) mass is 443 g/mol. The summed E-state index contributed by atoms with van der Waals surface area (Å²) >= 11 is 6.55. The topological polar surface area (TPSA) is 19.0 Å². The molecule has 3 rings (SSSR count). The molecule has 2 aromatic rings. The van der Waals surface area contributed by atoms with E-state index < -0.39 is 0 Å². The van der Waals surface area contributed by atoms with Crippen LogP contribution in [0.5, 0.6) is 0 Å². The standard InChI is InChI=1S/C26H38ClN3O/c1-21(2)15-25(20-28(3)4)29(19-24-11-5-6-12-26(24)27)17-22-9-7-10-23(16-22)18-30-13-8-14-31-30/h5-7,9-12,16,21,25H,8,13-15,17-20H2,1-4H3/t25-/m0/s1.